The average Bonchev–Trinajstić information content (AvgIpc) is 3.37. The van der Waals surface area contributed by atoms with Crippen LogP contribution in [-0.4, -0.2) is 16.0 Å². The summed E-state index contributed by atoms with van der Waals surface area (Å²) in [6.45, 7) is 0. The highest BCUT2D eigenvalue weighted by atomic mass is 79.9. The molecule has 0 saturated carbocycles. The summed E-state index contributed by atoms with van der Waals surface area (Å²) in [6, 6.07) is 14.1. The van der Waals surface area contributed by atoms with Crippen LogP contribution >= 0.6 is 15.9 Å². The monoisotopic (exact) mass is 413 g/mol. The van der Waals surface area contributed by atoms with Gasteiger partial charge in [0.15, 0.2) is 16.2 Å². The Hall–Kier alpha value is -3.13. The second kappa shape index (κ2) is 7.01. The van der Waals surface area contributed by atoms with Crippen molar-refractivity contribution >= 4 is 27.5 Å². The highest BCUT2D eigenvalue weighted by molar-refractivity contribution is 9.10. The van der Waals surface area contributed by atoms with E-state index < -0.39 is 0 Å². The number of amides is 1. The van der Waals surface area contributed by atoms with Crippen LogP contribution in [0.5, 0.6) is 0 Å². The number of nitrogens with one attached hydrogen (secondary N) is 1. The highest BCUT2D eigenvalue weighted by Gasteiger charge is 2.15. The van der Waals surface area contributed by atoms with Crippen molar-refractivity contribution in [1.82, 2.24) is 10.1 Å². The normalized spacial score (nSPS) is 10.8. The first-order valence-corrected chi connectivity index (χ1v) is 8.49. The maximum absolute atomic E-state index is 12.3. The van der Waals surface area contributed by atoms with Gasteiger partial charge in [0, 0.05) is 5.69 Å². The van der Waals surface area contributed by atoms with E-state index in [1.807, 2.05) is 18.2 Å². The molecule has 0 radical (unpaired) electrons. The molecule has 130 valence electrons. The molecule has 0 spiro atoms. The molecule has 0 aliphatic carbocycles. The van der Waals surface area contributed by atoms with Crippen molar-refractivity contribution in [2.24, 2.45) is 0 Å². The first-order valence-electron chi connectivity index (χ1n) is 7.70. The summed E-state index contributed by atoms with van der Waals surface area (Å²) in [7, 11) is 0. The Balaban J connectivity index is 1.53. The minimum atomic E-state index is -0.343. The lowest BCUT2D eigenvalue weighted by Gasteiger charge is -2.08. The molecule has 1 amide bonds. The van der Waals surface area contributed by atoms with Gasteiger partial charge >= 0.3 is 0 Å². The molecule has 4 rings (SSSR count). The lowest BCUT2D eigenvalue weighted by atomic mass is 10.1. The predicted molar refractivity (Wildman–Crippen MR) is 95.6 cm³/mol. The third-order valence-corrected chi connectivity index (χ3v) is 4.04. The Bertz CT molecular complexity index is 1040. The van der Waals surface area contributed by atoms with Gasteiger partial charge in [-0.05, 0) is 51.8 Å². The van der Waals surface area contributed by atoms with Crippen LogP contribution in [0.15, 0.2) is 72.8 Å². The minimum absolute atomic E-state index is 0.213. The molecule has 0 unspecified atom stereocenters. The van der Waals surface area contributed by atoms with Gasteiger partial charge in [-0.3, -0.25) is 4.79 Å². The van der Waals surface area contributed by atoms with Crippen molar-refractivity contribution in [3.05, 3.63) is 76.7 Å². The van der Waals surface area contributed by atoms with Crippen molar-refractivity contribution in [3.63, 3.8) is 0 Å². The number of carbonyl (C=O) groups is 1. The largest absolute Gasteiger partial charge is 0.461 e. The van der Waals surface area contributed by atoms with Gasteiger partial charge in [0.2, 0.25) is 11.7 Å². The van der Waals surface area contributed by atoms with Crippen molar-refractivity contribution in [2.75, 3.05) is 5.32 Å². The standard InChI is InChI=1S/C18H12BrN3O4/c19-15-8-7-14(25-15)18(23)20-12-5-2-1-4-11(12)10-16-21-17(22-26-16)13-6-3-9-24-13/h1-9H,10H2,(H,20,23). The summed E-state index contributed by atoms with van der Waals surface area (Å²) in [5.74, 6) is 1.20. The SMILES string of the molecule is O=C(Nc1ccccc1Cc1nc(-c2ccco2)no1)c1ccc(Br)o1. The fourth-order valence-corrected chi connectivity index (χ4v) is 2.72. The van der Waals surface area contributed by atoms with Gasteiger partial charge < -0.3 is 18.7 Å². The first-order chi connectivity index (χ1) is 12.7. The van der Waals surface area contributed by atoms with Crippen molar-refractivity contribution < 1.29 is 18.2 Å². The van der Waals surface area contributed by atoms with E-state index in [0.717, 1.165) is 5.56 Å². The molecular formula is C18H12BrN3O4. The summed E-state index contributed by atoms with van der Waals surface area (Å²) >= 11 is 3.18. The number of hydrogen-bond donors (Lipinski definition) is 1. The topological polar surface area (TPSA) is 94.3 Å². The van der Waals surface area contributed by atoms with Crippen LogP contribution in [0, 0.1) is 0 Å². The zero-order chi connectivity index (χ0) is 17.9. The first kappa shape index (κ1) is 16.3. The number of para-hydroxylation sites is 1. The Morgan fingerprint density at radius 3 is 2.77 bits per heavy atom. The van der Waals surface area contributed by atoms with Gasteiger partial charge in [-0.25, -0.2) is 0 Å². The van der Waals surface area contributed by atoms with E-state index in [9.17, 15) is 4.79 Å². The molecule has 0 bridgehead atoms. The van der Waals surface area contributed by atoms with Gasteiger partial charge in [0.25, 0.3) is 5.91 Å². The number of carbonyl (C=O) groups excluding carboxylic acids is 1. The number of furan rings is 2. The fourth-order valence-electron chi connectivity index (χ4n) is 2.41. The van der Waals surface area contributed by atoms with Crippen LogP contribution in [0.2, 0.25) is 0 Å². The van der Waals surface area contributed by atoms with Crippen molar-refractivity contribution in [3.8, 4) is 11.6 Å². The average molecular weight is 414 g/mol. The lowest BCUT2D eigenvalue weighted by molar-refractivity contribution is 0.0995. The Morgan fingerprint density at radius 1 is 1.12 bits per heavy atom. The number of rotatable bonds is 5. The van der Waals surface area contributed by atoms with E-state index in [-0.39, 0.29) is 11.7 Å². The Kier molecular flexibility index (Phi) is 4.40. The molecule has 1 N–H and O–H groups in total. The van der Waals surface area contributed by atoms with Crippen LogP contribution in [0.3, 0.4) is 0 Å². The Labute approximate surface area is 156 Å². The van der Waals surface area contributed by atoms with E-state index in [1.165, 1.54) is 0 Å². The van der Waals surface area contributed by atoms with Crippen LogP contribution in [-0.2, 0) is 6.42 Å². The number of benzene rings is 1. The summed E-state index contributed by atoms with van der Waals surface area (Å²) in [4.78, 5) is 16.6. The molecular weight excluding hydrogens is 402 g/mol. The summed E-state index contributed by atoms with van der Waals surface area (Å²) < 4.78 is 16.3. The Morgan fingerprint density at radius 2 is 2.00 bits per heavy atom. The van der Waals surface area contributed by atoms with Crippen molar-refractivity contribution in [1.29, 1.82) is 0 Å². The zero-order valence-corrected chi connectivity index (χ0v) is 14.9. The number of aromatic nitrogens is 2. The molecule has 3 aromatic heterocycles. The van der Waals surface area contributed by atoms with Gasteiger partial charge in [-0.2, -0.15) is 4.98 Å². The minimum Gasteiger partial charge on any atom is -0.461 e. The van der Waals surface area contributed by atoms with Crippen molar-refractivity contribution in [2.45, 2.75) is 6.42 Å². The van der Waals surface area contributed by atoms with Gasteiger partial charge in [0.05, 0.1) is 12.7 Å². The molecule has 0 fully saturated rings. The van der Waals surface area contributed by atoms with Gasteiger partial charge in [0.1, 0.15) is 0 Å². The van der Waals surface area contributed by atoms with E-state index >= 15 is 0 Å². The molecule has 26 heavy (non-hydrogen) atoms. The zero-order valence-electron chi connectivity index (χ0n) is 13.3. The third-order valence-electron chi connectivity index (χ3n) is 3.61. The van der Waals surface area contributed by atoms with E-state index in [4.69, 9.17) is 13.4 Å². The number of nitrogens with zero attached hydrogens (tertiary/aromatic N) is 2. The number of anilines is 1. The highest BCUT2D eigenvalue weighted by Crippen LogP contribution is 2.22. The fraction of sp³-hybridized carbons (Fsp3) is 0.0556. The molecule has 8 heteroatoms. The predicted octanol–water partition coefficient (Wildman–Crippen LogP) is 4.53. The van der Waals surface area contributed by atoms with Crippen LogP contribution in [0.25, 0.3) is 11.6 Å². The second-order valence-electron chi connectivity index (χ2n) is 5.38. The van der Waals surface area contributed by atoms with Crippen LogP contribution in [0.1, 0.15) is 22.0 Å². The molecule has 0 saturated heterocycles. The summed E-state index contributed by atoms with van der Waals surface area (Å²) in [6.07, 6.45) is 1.91. The molecule has 7 nitrogen and oxygen atoms in total. The molecule has 0 aliphatic heterocycles. The number of halogens is 1. The molecule has 3 heterocycles. The van der Waals surface area contributed by atoms with Gasteiger partial charge in [-0.1, -0.05) is 23.4 Å². The maximum Gasteiger partial charge on any atom is 0.291 e. The smallest absolute Gasteiger partial charge is 0.291 e. The third kappa shape index (κ3) is 3.45. The van der Waals surface area contributed by atoms with E-state index in [2.05, 4.69) is 31.4 Å². The summed E-state index contributed by atoms with van der Waals surface area (Å²) in [5.41, 5.74) is 1.48. The van der Waals surface area contributed by atoms with Gasteiger partial charge in [-0.15, -0.1) is 0 Å². The second-order valence-corrected chi connectivity index (χ2v) is 6.16. The van der Waals surface area contributed by atoms with E-state index in [0.29, 0.717) is 34.3 Å². The molecule has 0 aliphatic rings. The summed E-state index contributed by atoms with van der Waals surface area (Å²) in [5, 5.41) is 6.74. The number of hydrogen-bond acceptors (Lipinski definition) is 6. The van der Waals surface area contributed by atoms with Crippen LogP contribution in [0.4, 0.5) is 5.69 Å². The van der Waals surface area contributed by atoms with Crippen LogP contribution < -0.4 is 5.32 Å². The lowest BCUT2D eigenvalue weighted by Crippen LogP contribution is -2.12. The quantitative estimate of drug-likeness (QED) is 0.516. The molecule has 0 atom stereocenters. The van der Waals surface area contributed by atoms with E-state index in [1.54, 1.807) is 36.6 Å². The molecule has 1 aromatic carbocycles. The maximum atomic E-state index is 12.3. The molecule has 4 aromatic rings.